The summed E-state index contributed by atoms with van der Waals surface area (Å²) in [7, 11) is 0. The number of halogens is 1. The van der Waals surface area contributed by atoms with Gasteiger partial charge in [-0.15, -0.1) is 0 Å². The fourth-order valence-corrected chi connectivity index (χ4v) is 3.86. The highest BCUT2D eigenvalue weighted by Gasteiger charge is 2.33. The van der Waals surface area contributed by atoms with Crippen LogP contribution >= 0.6 is 11.6 Å². The Morgan fingerprint density at radius 2 is 1.86 bits per heavy atom. The average Bonchev–Trinajstić information content (AvgIpc) is 2.43. The van der Waals surface area contributed by atoms with Gasteiger partial charge >= 0.3 is 0 Å². The van der Waals surface area contributed by atoms with Crippen molar-refractivity contribution in [3.8, 4) is 0 Å². The fraction of sp³-hybridized carbons (Fsp3) is 0.588. The maximum Gasteiger partial charge on any atom is 0.220 e. The molecule has 3 N–H and O–H groups in total. The van der Waals surface area contributed by atoms with E-state index in [1.54, 1.807) is 0 Å². The third-order valence-electron chi connectivity index (χ3n) is 5.06. The second-order valence-corrected chi connectivity index (χ2v) is 6.97. The summed E-state index contributed by atoms with van der Waals surface area (Å²) >= 11 is 6.05. The summed E-state index contributed by atoms with van der Waals surface area (Å²) in [6.45, 7) is 0. The number of hydrogen-bond donors (Lipinski definition) is 2. The Labute approximate surface area is 131 Å². The average molecular weight is 307 g/mol. The van der Waals surface area contributed by atoms with Gasteiger partial charge in [-0.05, 0) is 62.1 Å². The van der Waals surface area contributed by atoms with Crippen LogP contribution in [0.15, 0.2) is 24.3 Å². The normalized spacial score (nSPS) is 32.4. The van der Waals surface area contributed by atoms with E-state index in [1.807, 2.05) is 12.1 Å². The molecular weight excluding hydrogens is 284 g/mol. The van der Waals surface area contributed by atoms with Crippen LogP contribution in [0.2, 0.25) is 5.02 Å². The van der Waals surface area contributed by atoms with Crippen molar-refractivity contribution in [3.05, 3.63) is 34.9 Å². The van der Waals surface area contributed by atoms with Crippen molar-refractivity contribution in [2.45, 2.75) is 56.5 Å². The first kappa shape index (κ1) is 14.9. The Morgan fingerprint density at radius 1 is 1.14 bits per heavy atom. The highest BCUT2D eigenvalue weighted by atomic mass is 35.5. The van der Waals surface area contributed by atoms with E-state index in [0.29, 0.717) is 18.0 Å². The summed E-state index contributed by atoms with van der Waals surface area (Å²) in [5.74, 6) is 0.616. The third kappa shape index (κ3) is 3.58. The number of amides is 1. The van der Waals surface area contributed by atoms with E-state index in [9.17, 15) is 4.79 Å². The molecule has 0 aliphatic heterocycles. The predicted octanol–water partition coefficient (Wildman–Crippen LogP) is 3.22. The van der Waals surface area contributed by atoms with Crippen LogP contribution in [0.4, 0.5) is 0 Å². The van der Waals surface area contributed by atoms with Crippen LogP contribution in [-0.2, 0) is 4.79 Å². The first-order valence-electron chi connectivity index (χ1n) is 7.92. The quantitative estimate of drug-likeness (QED) is 0.897. The second-order valence-electron chi connectivity index (χ2n) is 6.54. The van der Waals surface area contributed by atoms with Gasteiger partial charge in [-0.3, -0.25) is 4.79 Å². The van der Waals surface area contributed by atoms with Crippen molar-refractivity contribution >= 4 is 17.5 Å². The first-order chi connectivity index (χ1) is 10.1. The number of nitrogens with one attached hydrogen (secondary N) is 1. The molecule has 4 heteroatoms. The van der Waals surface area contributed by atoms with Crippen LogP contribution in [0.3, 0.4) is 0 Å². The number of carbonyl (C=O) groups is 1. The predicted molar refractivity (Wildman–Crippen MR) is 85.3 cm³/mol. The molecule has 114 valence electrons. The summed E-state index contributed by atoms with van der Waals surface area (Å²) in [5, 5.41) is 4.57. The molecule has 3 nitrogen and oxygen atoms in total. The largest absolute Gasteiger partial charge is 0.369 e. The molecule has 1 aromatic carbocycles. The SMILES string of the molecule is NC(=O)C1CCC(NC2CC(c3cccc(Cl)c3)C2)CC1. The number of nitrogens with two attached hydrogens (primary N) is 1. The Balaban J connectivity index is 1.42. The summed E-state index contributed by atoms with van der Waals surface area (Å²) in [6, 6.07) is 9.39. The van der Waals surface area contributed by atoms with E-state index in [4.69, 9.17) is 17.3 Å². The van der Waals surface area contributed by atoms with Crippen molar-refractivity contribution in [1.29, 1.82) is 0 Å². The van der Waals surface area contributed by atoms with Gasteiger partial charge in [-0.25, -0.2) is 0 Å². The van der Waals surface area contributed by atoms with Crippen molar-refractivity contribution < 1.29 is 4.79 Å². The Bertz CT molecular complexity index is 505. The number of carbonyl (C=O) groups excluding carboxylic acids is 1. The molecule has 0 aromatic heterocycles. The fourth-order valence-electron chi connectivity index (χ4n) is 3.66. The van der Waals surface area contributed by atoms with E-state index in [1.165, 1.54) is 18.4 Å². The molecular formula is C17H23ClN2O. The molecule has 21 heavy (non-hydrogen) atoms. The molecule has 0 radical (unpaired) electrons. The highest BCUT2D eigenvalue weighted by Crippen LogP contribution is 2.38. The summed E-state index contributed by atoms with van der Waals surface area (Å²) in [5.41, 5.74) is 6.74. The van der Waals surface area contributed by atoms with E-state index in [0.717, 1.165) is 30.7 Å². The summed E-state index contributed by atoms with van der Waals surface area (Å²) < 4.78 is 0. The van der Waals surface area contributed by atoms with E-state index in [-0.39, 0.29) is 11.8 Å². The summed E-state index contributed by atoms with van der Waals surface area (Å²) in [4.78, 5) is 11.2. The van der Waals surface area contributed by atoms with Crippen LogP contribution in [0, 0.1) is 5.92 Å². The molecule has 2 fully saturated rings. The van der Waals surface area contributed by atoms with Crippen LogP contribution in [0.25, 0.3) is 0 Å². The van der Waals surface area contributed by atoms with Gasteiger partial charge in [-0.2, -0.15) is 0 Å². The number of primary amides is 1. The molecule has 1 aromatic rings. The lowest BCUT2D eigenvalue weighted by Gasteiger charge is -2.40. The van der Waals surface area contributed by atoms with E-state index < -0.39 is 0 Å². The topological polar surface area (TPSA) is 55.1 Å². The van der Waals surface area contributed by atoms with Crippen LogP contribution in [0.1, 0.15) is 50.0 Å². The number of rotatable bonds is 4. The van der Waals surface area contributed by atoms with Gasteiger partial charge in [0.15, 0.2) is 0 Å². The van der Waals surface area contributed by atoms with Gasteiger partial charge in [0.2, 0.25) is 5.91 Å². The summed E-state index contributed by atoms with van der Waals surface area (Å²) in [6.07, 6.45) is 6.42. The molecule has 3 rings (SSSR count). The van der Waals surface area contributed by atoms with Gasteiger partial charge in [0.25, 0.3) is 0 Å². The minimum Gasteiger partial charge on any atom is -0.369 e. The third-order valence-corrected chi connectivity index (χ3v) is 5.29. The lowest BCUT2D eigenvalue weighted by molar-refractivity contribution is -0.122. The Kier molecular flexibility index (Phi) is 4.51. The molecule has 0 atom stereocenters. The highest BCUT2D eigenvalue weighted by molar-refractivity contribution is 6.30. The molecule has 0 heterocycles. The van der Waals surface area contributed by atoms with Gasteiger partial charge in [0.05, 0.1) is 0 Å². The zero-order valence-corrected chi connectivity index (χ0v) is 13.0. The molecule has 2 aliphatic rings. The van der Waals surface area contributed by atoms with Gasteiger partial charge < -0.3 is 11.1 Å². The standard InChI is InChI=1S/C17H23ClN2O/c18-14-3-1-2-12(8-14)13-9-16(10-13)20-15-6-4-11(5-7-15)17(19)21/h1-3,8,11,13,15-16,20H,4-7,9-10H2,(H2,19,21). The number of benzene rings is 1. The van der Waals surface area contributed by atoms with Crippen molar-refractivity contribution in [2.24, 2.45) is 11.7 Å². The molecule has 0 bridgehead atoms. The molecule has 2 saturated carbocycles. The Morgan fingerprint density at radius 3 is 2.48 bits per heavy atom. The van der Waals surface area contributed by atoms with Crippen LogP contribution in [0.5, 0.6) is 0 Å². The van der Waals surface area contributed by atoms with Crippen LogP contribution in [-0.4, -0.2) is 18.0 Å². The van der Waals surface area contributed by atoms with E-state index in [2.05, 4.69) is 17.4 Å². The first-order valence-corrected chi connectivity index (χ1v) is 8.30. The molecule has 0 spiro atoms. The smallest absolute Gasteiger partial charge is 0.220 e. The second kappa shape index (κ2) is 6.37. The molecule has 0 unspecified atom stereocenters. The lowest BCUT2D eigenvalue weighted by atomic mass is 9.75. The minimum absolute atomic E-state index is 0.101. The zero-order chi connectivity index (χ0) is 14.8. The molecule has 2 aliphatic carbocycles. The lowest BCUT2D eigenvalue weighted by Crippen LogP contribution is -2.47. The van der Waals surface area contributed by atoms with Crippen molar-refractivity contribution in [1.82, 2.24) is 5.32 Å². The maximum absolute atomic E-state index is 11.2. The van der Waals surface area contributed by atoms with Gasteiger partial charge in [-0.1, -0.05) is 23.7 Å². The zero-order valence-electron chi connectivity index (χ0n) is 12.2. The van der Waals surface area contributed by atoms with E-state index >= 15 is 0 Å². The minimum atomic E-state index is -0.127. The molecule has 1 amide bonds. The van der Waals surface area contributed by atoms with Gasteiger partial charge in [0.1, 0.15) is 0 Å². The molecule has 0 saturated heterocycles. The van der Waals surface area contributed by atoms with Crippen LogP contribution < -0.4 is 11.1 Å². The maximum atomic E-state index is 11.2. The Hall–Kier alpha value is -1.06. The van der Waals surface area contributed by atoms with Crippen molar-refractivity contribution in [3.63, 3.8) is 0 Å². The number of hydrogen-bond acceptors (Lipinski definition) is 2. The monoisotopic (exact) mass is 306 g/mol. The van der Waals surface area contributed by atoms with Gasteiger partial charge in [0, 0.05) is 23.0 Å². The van der Waals surface area contributed by atoms with Crippen molar-refractivity contribution in [2.75, 3.05) is 0 Å².